The van der Waals surface area contributed by atoms with Crippen molar-refractivity contribution in [3.05, 3.63) is 59.4 Å². The molecule has 16 heteroatoms. The first-order chi connectivity index (χ1) is 24.5. The summed E-state index contributed by atoms with van der Waals surface area (Å²) in [5.74, 6) is -1.08. The predicted molar refractivity (Wildman–Crippen MR) is 184 cm³/mol. The fourth-order valence-electron chi connectivity index (χ4n) is 8.05. The minimum Gasteiger partial charge on any atom is -0.508 e. The normalized spacial score (nSPS) is 21.0. The van der Waals surface area contributed by atoms with E-state index in [2.05, 4.69) is 24.7 Å². The molecule has 5 aromatic rings. The van der Waals surface area contributed by atoms with Crippen LogP contribution in [0.4, 0.5) is 19.0 Å². The van der Waals surface area contributed by atoms with Gasteiger partial charge in [-0.15, -0.1) is 0 Å². The molecule has 2 saturated heterocycles. The zero-order valence-electron chi connectivity index (χ0n) is 28.2. The molecular formula is C35H37F3N8O4S. The minimum absolute atomic E-state index is 0.0993. The van der Waals surface area contributed by atoms with Gasteiger partial charge in [0.05, 0.1) is 23.2 Å². The van der Waals surface area contributed by atoms with Crippen LogP contribution in [0.1, 0.15) is 43.9 Å². The number of alkyl halides is 1. The lowest BCUT2D eigenvalue weighted by Gasteiger charge is -2.31. The van der Waals surface area contributed by atoms with Crippen LogP contribution in [0.3, 0.4) is 0 Å². The number of benzene rings is 2. The summed E-state index contributed by atoms with van der Waals surface area (Å²) in [4.78, 5) is 17.8. The van der Waals surface area contributed by atoms with Crippen LogP contribution in [0.5, 0.6) is 11.8 Å². The first-order valence-electron chi connectivity index (χ1n) is 17.1. The summed E-state index contributed by atoms with van der Waals surface area (Å²) >= 11 is 0. The molecule has 2 N–H and O–H groups in total. The number of ether oxygens (including phenoxy) is 1. The van der Waals surface area contributed by atoms with E-state index >= 15 is 8.78 Å². The lowest BCUT2D eigenvalue weighted by Crippen LogP contribution is -2.43. The first kappa shape index (κ1) is 33.6. The summed E-state index contributed by atoms with van der Waals surface area (Å²) < 4.78 is 81.9. The highest BCUT2D eigenvalue weighted by molar-refractivity contribution is 7.89. The molecule has 12 nitrogen and oxygen atoms in total. The van der Waals surface area contributed by atoms with E-state index in [0.717, 1.165) is 19.4 Å². The van der Waals surface area contributed by atoms with Crippen molar-refractivity contribution in [3.8, 4) is 23.0 Å². The lowest BCUT2D eigenvalue weighted by molar-refractivity contribution is 0.107. The summed E-state index contributed by atoms with van der Waals surface area (Å²) in [5.41, 5.74) is 0.442. The van der Waals surface area contributed by atoms with Gasteiger partial charge in [-0.1, -0.05) is 13.0 Å². The van der Waals surface area contributed by atoms with Gasteiger partial charge in [-0.05, 0) is 73.8 Å². The molecule has 3 aliphatic rings. The van der Waals surface area contributed by atoms with Crippen molar-refractivity contribution in [1.82, 2.24) is 34.4 Å². The molecule has 0 saturated carbocycles. The third-order valence-corrected chi connectivity index (χ3v) is 11.8. The van der Waals surface area contributed by atoms with Crippen LogP contribution in [0.15, 0.2) is 41.6 Å². The van der Waals surface area contributed by atoms with E-state index in [1.165, 1.54) is 43.6 Å². The van der Waals surface area contributed by atoms with Crippen molar-refractivity contribution < 1.29 is 31.4 Å². The number of phenolic OH excluding ortho intramolecular Hbond substituents is 1. The van der Waals surface area contributed by atoms with Crippen molar-refractivity contribution in [2.45, 2.75) is 68.9 Å². The molecule has 3 aliphatic heterocycles. The van der Waals surface area contributed by atoms with Crippen molar-refractivity contribution in [3.63, 3.8) is 0 Å². The molecule has 0 spiro atoms. The number of phenols is 1. The van der Waals surface area contributed by atoms with Crippen LogP contribution in [0.2, 0.25) is 0 Å². The highest BCUT2D eigenvalue weighted by Gasteiger charge is 2.49. The number of halogens is 3. The Labute approximate surface area is 292 Å². The minimum atomic E-state index is -3.80. The van der Waals surface area contributed by atoms with Crippen molar-refractivity contribution in [1.29, 1.82) is 0 Å². The summed E-state index contributed by atoms with van der Waals surface area (Å²) in [7, 11) is -2.48. The van der Waals surface area contributed by atoms with Gasteiger partial charge in [0, 0.05) is 43.9 Å². The fraction of sp³-hybridized carbons (Fsp3) is 0.429. The Kier molecular flexibility index (Phi) is 8.30. The lowest BCUT2D eigenvalue weighted by atomic mass is 9.94. The van der Waals surface area contributed by atoms with Gasteiger partial charge in [-0.2, -0.15) is 15.1 Å². The van der Waals surface area contributed by atoms with Gasteiger partial charge >= 0.3 is 6.01 Å². The van der Waals surface area contributed by atoms with E-state index in [4.69, 9.17) is 9.72 Å². The van der Waals surface area contributed by atoms with Crippen LogP contribution in [0, 0.1) is 11.6 Å². The standard InChI is InChI=1S/C35H37F3N8O4S/c1-3-24-27(37)7-6-20-12-23(47)14-25(29(20)24)31-30(38)32-26(16-40-31)33(42-34(41-32)50-19-35-8-4-10-45(35)17-21(36)15-35)44-9-5-11-46-22(18-44)13-28(43-46)51(48,49)39-2/h6-7,12-14,16,21,39,47H,3-5,8-11,15,17-19H2,1-2H3/t21-,35+/m1/s1. The Morgan fingerprint density at radius 3 is 2.76 bits per heavy atom. The van der Waals surface area contributed by atoms with Crippen molar-refractivity contribution in [2.24, 2.45) is 0 Å². The monoisotopic (exact) mass is 722 g/mol. The summed E-state index contributed by atoms with van der Waals surface area (Å²) in [6.07, 6.45) is 3.36. The topological polar surface area (TPSA) is 139 Å². The molecule has 268 valence electrons. The molecule has 0 bridgehead atoms. The molecule has 0 unspecified atom stereocenters. The maximum atomic E-state index is 17.0. The molecule has 2 atom stereocenters. The maximum absolute atomic E-state index is 17.0. The van der Waals surface area contributed by atoms with Crippen molar-refractivity contribution >= 4 is 37.5 Å². The molecule has 0 amide bonds. The third kappa shape index (κ3) is 5.73. The summed E-state index contributed by atoms with van der Waals surface area (Å²) in [6, 6.07) is 7.12. The van der Waals surface area contributed by atoms with Gasteiger partial charge < -0.3 is 14.7 Å². The summed E-state index contributed by atoms with van der Waals surface area (Å²) in [6.45, 7) is 4.11. The third-order valence-electron chi connectivity index (χ3n) is 10.5. The summed E-state index contributed by atoms with van der Waals surface area (Å²) in [5, 5.41) is 16.1. The second-order valence-corrected chi connectivity index (χ2v) is 15.4. The number of aromatic hydroxyl groups is 1. The second kappa shape index (κ2) is 12.6. The van der Waals surface area contributed by atoms with Gasteiger partial charge in [0.2, 0.25) is 0 Å². The van der Waals surface area contributed by atoms with Crippen LogP contribution in [0.25, 0.3) is 32.9 Å². The van der Waals surface area contributed by atoms with Crippen LogP contribution in [-0.4, -0.2) is 88.2 Å². The van der Waals surface area contributed by atoms with E-state index < -0.39 is 33.4 Å². The van der Waals surface area contributed by atoms with E-state index in [1.54, 1.807) is 11.6 Å². The van der Waals surface area contributed by atoms with E-state index in [0.29, 0.717) is 66.7 Å². The largest absolute Gasteiger partial charge is 0.508 e. The molecule has 51 heavy (non-hydrogen) atoms. The van der Waals surface area contributed by atoms with Crippen LogP contribution >= 0.6 is 0 Å². The van der Waals surface area contributed by atoms with Crippen LogP contribution < -0.4 is 14.4 Å². The smallest absolute Gasteiger partial charge is 0.319 e. The van der Waals surface area contributed by atoms with Crippen molar-refractivity contribution in [2.75, 3.05) is 38.2 Å². The number of pyridine rings is 1. The van der Waals surface area contributed by atoms with E-state index in [-0.39, 0.29) is 52.1 Å². The highest BCUT2D eigenvalue weighted by Crippen LogP contribution is 2.42. The molecule has 0 aliphatic carbocycles. The Morgan fingerprint density at radius 2 is 1.96 bits per heavy atom. The van der Waals surface area contributed by atoms with Gasteiger partial charge in [-0.25, -0.2) is 26.3 Å². The van der Waals surface area contributed by atoms with Gasteiger partial charge in [-0.3, -0.25) is 14.6 Å². The highest BCUT2D eigenvalue weighted by atomic mass is 32.2. The number of nitrogens with zero attached hydrogens (tertiary/aromatic N) is 7. The Hall–Kier alpha value is -4.54. The number of sulfonamides is 1. The number of hydrogen-bond donors (Lipinski definition) is 2. The van der Waals surface area contributed by atoms with E-state index in [1.807, 2.05) is 4.90 Å². The molecule has 2 aromatic carbocycles. The SMILES string of the molecule is CCc1c(F)ccc2cc(O)cc(-c3ncc4c(N5CCCn6nc(S(=O)(=O)NC)cc6C5)nc(OC[C@@]56CCCN5C[C@H](F)C6)nc4c3F)c12. The zero-order valence-corrected chi connectivity index (χ0v) is 29.0. The van der Waals surface area contributed by atoms with Gasteiger partial charge in [0.15, 0.2) is 10.8 Å². The van der Waals surface area contributed by atoms with Crippen LogP contribution in [-0.2, 0) is 29.5 Å². The van der Waals surface area contributed by atoms with Gasteiger partial charge in [0.25, 0.3) is 10.0 Å². The number of anilines is 1. The molecule has 0 radical (unpaired) electrons. The second-order valence-electron chi connectivity index (χ2n) is 13.5. The molecule has 2 fully saturated rings. The van der Waals surface area contributed by atoms with E-state index in [9.17, 15) is 17.9 Å². The number of hydrogen-bond acceptors (Lipinski definition) is 10. The van der Waals surface area contributed by atoms with Gasteiger partial charge in [0.1, 0.15) is 41.4 Å². The Morgan fingerprint density at radius 1 is 1.12 bits per heavy atom. The number of nitrogens with one attached hydrogen (secondary N) is 1. The quantitative estimate of drug-likeness (QED) is 0.228. The molecule has 8 rings (SSSR count). The number of aromatic nitrogens is 5. The fourth-order valence-corrected chi connectivity index (χ4v) is 8.75. The Bertz CT molecular complexity index is 2300. The molecular weight excluding hydrogens is 685 g/mol. The number of aryl methyl sites for hydroxylation is 2. The predicted octanol–water partition coefficient (Wildman–Crippen LogP) is 4.86. The average molecular weight is 723 g/mol. The average Bonchev–Trinajstić information content (AvgIpc) is 3.74. The number of rotatable bonds is 8. The first-order valence-corrected chi connectivity index (χ1v) is 18.6. The zero-order chi connectivity index (χ0) is 35.7. The maximum Gasteiger partial charge on any atom is 0.319 e. The molecule has 3 aromatic heterocycles. The molecule has 6 heterocycles. The number of fused-ring (bicyclic) bond motifs is 4. The Balaban J connectivity index is 1.27.